The van der Waals surface area contributed by atoms with Gasteiger partial charge in [0.05, 0.1) is 11.0 Å². The van der Waals surface area contributed by atoms with Crippen LogP contribution < -0.4 is 5.73 Å². The number of hydrogen-bond acceptors (Lipinski definition) is 2. The molecule has 4 heteroatoms. The van der Waals surface area contributed by atoms with Crippen molar-refractivity contribution >= 4 is 26.9 Å². The van der Waals surface area contributed by atoms with Crippen LogP contribution in [0.3, 0.4) is 0 Å². The Morgan fingerprint density at radius 2 is 2.15 bits per heavy atom. The van der Waals surface area contributed by atoms with Gasteiger partial charge in [0.2, 0.25) is 0 Å². The zero-order valence-electron chi connectivity index (χ0n) is 6.68. The van der Waals surface area contributed by atoms with Crippen LogP contribution in [0, 0.1) is 5.82 Å². The average Bonchev–Trinajstić information content (AvgIpc) is 2.48. The van der Waals surface area contributed by atoms with Gasteiger partial charge in [-0.2, -0.15) is 0 Å². The topological polar surface area (TPSA) is 39.2 Å². The van der Waals surface area contributed by atoms with E-state index in [1.165, 1.54) is 6.07 Å². The second-order valence-corrected chi connectivity index (χ2v) is 3.58. The molecule has 0 aliphatic rings. The zero-order chi connectivity index (χ0) is 9.42. The summed E-state index contributed by atoms with van der Waals surface area (Å²) in [4.78, 5) is 0. The quantitative estimate of drug-likeness (QED) is 0.837. The standard InChI is InChI=1S/C9H7BrFNO/c10-7-2-5-1-6(4-12)13-9(5)3-8(7)11/h1-3H,4,12H2. The Morgan fingerprint density at radius 3 is 2.85 bits per heavy atom. The van der Waals surface area contributed by atoms with E-state index >= 15 is 0 Å². The fourth-order valence-electron chi connectivity index (χ4n) is 1.19. The maximum absolute atomic E-state index is 13.0. The Morgan fingerprint density at radius 1 is 1.38 bits per heavy atom. The van der Waals surface area contributed by atoms with E-state index in [1.807, 2.05) is 0 Å². The van der Waals surface area contributed by atoms with Crippen LogP contribution in [0.2, 0.25) is 0 Å². The molecule has 13 heavy (non-hydrogen) atoms. The highest BCUT2D eigenvalue weighted by atomic mass is 79.9. The monoisotopic (exact) mass is 243 g/mol. The van der Waals surface area contributed by atoms with Crippen molar-refractivity contribution in [3.63, 3.8) is 0 Å². The van der Waals surface area contributed by atoms with E-state index in [0.29, 0.717) is 22.4 Å². The normalized spacial score (nSPS) is 11.0. The van der Waals surface area contributed by atoms with Gasteiger partial charge in [-0.3, -0.25) is 0 Å². The van der Waals surface area contributed by atoms with Gasteiger partial charge in [0.1, 0.15) is 17.2 Å². The van der Waals surface area contributed by atoms with E-state index < -0.39 is 0 Å². The lowest BCUT2D eigenvalue weighted by atomic mass is 10.2. The molecule has 68 valence electrons. The van der Waals surface area contributed by atoms with Crippen LogP contribution in [0.1, 0.15) is 5.76 Å². The molecule has 2 nitrogen and oxygen atoms in total. The van der Waals surface area contributed by atoms with Crippen LogP contribution in [0.5, 0.6) is 0 Å². The molecule has 0 unspecified atom stereocenters. The van der Waals surface area contributed by atoms with E-state index in [2.05, 4.69) is 15.9 Å². The van der Waals surface area contributed by atoms with Gasteiger partial charge < -0.3 is 10.2 Å². The molecule has 0 saturated carbocycles. The minimum atomic E-state index is -0.328. The first-order valence-corrected chi connectivity index (χ1v) is 4.57. The van der Waals surface area contributed by atoms with Crippen molar-refractivity contribution in [2.24, 2.45) is 5.73 Å². The minimum Gasteiger partial charge on any atom is -0.460 e. The third-order valence-electron chi connectivity index (χ3n) is 1.81. The molecule has 0 aliphatic heterocycles. The lowest BCUT2D eigenvalue weighted by molar-refractivity contribution is 0.547. The molecule has 0 bridgehead atoms. The smallest absolute Gasteiger partial charge is 0.141 e. The van der Waals surface area contributed by atoms with Crippen molar-refractivity contribution in [3.05, 3.63) is 34.2 Å². The van der Waals surface area contributed by atoms with Gasteiger partial charge in [-0.1, -0.05) is 0 Å². The lowest BCUT2D eigenvalue weighted by Gasteiger charge is -1.92. The highest BCUT2D eigenvalue weighted by Gasteiger charge is 2.06. The van der Waals surface area contributed by atoms with E-state index in [-0.39, 0.29) is 5.82 Å². The number of nitrogens with two attached hydrogens (primary N) is 1. The molecule has 2 aromatic rings. The van der Waals surface area contributed by atoms with Gasteiger partial charge in [0.15, 0.2) is 0 Å². The number of furan rings is 1. The lowest BCUT2D eigenvalue weighted by Crippen LogP contribution is -1.92. The van der Waals surface area contributed by atoms with E-state index in [1.54, 1.807) is 12.1 Å². The summed E-state index contributed by atoms with van der Waals surface area (Å²) in [6.45, 7) is 0.327. The molecule has 0 amide bonds. The van der Waals surface area contributed by atoms with E-state index in [4.69, 9.17) is 10.2 Å². The molecule has 0 saturated heterocycles. The first-order chi connectivity index (χ1) is 6.20. The van der Waals surface area contributed by atoms with Crippen LogP contribution in [-0.2, 0) is 6.54 Å². The number of hydrogen-bond donors (Lipinski definition) is 1. The second-order valence-electron chi connectivity index (χ2n) is 2.72. The van der Waals surface area contributed by atoms with Crippen molar-refractivity contribution in [1.29, 1.82) is 0 Å². The summed E-state index contributed by atoms with van der Waals surface area (Å²) in [6, 6.07) is 4.82. The minimum absolute atomic E-state index is 0.327. The average molecular weight is 244 g/mol. The third kappa shape index (κ3) is 1.47. The fraction of sp³-hybridized carbons (Fsp3) is 0.111. The van der Waals surface area contributed by atoms with Gasteiger partial charge in [-0.05, 0) is 28.1 Å². The van der Waals surface area contributed by atoms with Gasteiger partial charge in [0.25, 0.3) is 0 Å². The molecular weight excluding hydrogens is 237 g/mol. The highest BCUT2D eigenvalue weighted by Crippen LogP contribution is 2.25. The van der Waals surface area contributed by atoms with Crippen molar-refractivity contribution < 1.29 is 8.81 Å². The zero-order valence-corrected chi connectivity index (χ0v) is 8.27. The summed E-state index contributed by atoms with van der Waals surface area (Å²) < 4.78 is 18.7. The van der Waals surface area contributed by atoms with Crippen molar-refractivity contribution in [2.45, 2.75) is 6.54 Å². The Labute approximate surface area is 82.6 Å². The molecule has 0 fully saturated rings. The molecule has 0 atom stereocenters. The first kappa shape index (κ1) is 8.72. The van der Waals surface area contributed by atoms with Crippen LogP contribution in [-0.4, -0.2) is 0 Å². The Hall–Kier alpha value is -0.870. The van der Waals surface area contributed by atoms with Gasteiger partial charge >= 0.3 is 0 Å². The summed E-state index contributed by atoms with van der Waals surface area (Å²) in [5, 5.41) is 0.855. The molecule has 2 N–H and O–H groups in total. The van der Waals surface area contributed by atoms with Crippen LogP contribution in [0.25, 0.3) is 11.0 Å². The number of fused-ring (bicyclic) bond motifs is 1. The van der Waals surface area contributed by atoms with E-state index in [9.17, 15) is 4.39 Å². The Balaban J connectivity index is 2.70. The fourth-order valence-corrected chi connectivity index (χ4v) is 1.55. The third-order valence-corrected chi connectivity index (χ3v) is 2.42. The molecule has 0 radical (unpaired) electrons. The molecule has 2 rings (SSSR count). The predicted molar refractivity (Wildman–Crippen MR) is 51.8 cm³/mol. The van der Waals surface area contributed by atoms with Crippen LogP contribution in [0.15, 0.2) is 27.1 Å². The number of halogens is 2. The first-order valence-electron chi connectivity index (χ1n) is 3.78. The summed E-state index contributed by atoms with van der Waals surface area (Å²) in [5.41, 5.74) is 5.92. The largest absolute Gasteiger partial charge is 0.460 e. The summed E-state index contributed by atoms with van der Waals surface area (Å²) in [6.07, 6.45) is 0. The van der Waals surface area contributed by atoms with Gasteiger partial charge in [-0.15, -0.1) is 0 Å². The summed E-state index contributed by atoms with van der Waals surface area (Å²) in [7, 11) is 0. The second kappa shape index (κ2) is 3.12. The maximum Gasteiger partial charge on any atom is 0.141 e. The van der Waals surface area contributed by atoms with Crippen LogP contribution in [0.4, 0.5) is 4.39 Å². The van der Waals surface area contributed by atoms with Crippen LogP contribution >= 0.6 is 15.9 Å². The van der Waals surface area contributed by atoms with Gasteiger partial charge in [-0.25, -0.2) is 4.39 Å². The van der Waals surface area contributed by atoms with E-state index in [0.717, 1.165) is 5.39 Å². The SMILES string of the molecule is NCc1cc2cc(Br)c(F)cc2o1. The molecular formula is C9H7BrFNO. The highest BCUT2D eigenvalue weighted by molar-refractivity contribution is 9.10. The van der Waals surface area contributed by atoms with Crippen molar-refractivity contribution in [1.82, 2.24) is 0 Å². The van der Waals surface area contributed by atoms with Gasteiger partial charge in [0, 0.05) is 11.5 Å². The summed E-state index contributed by atoms with van der Waals surface area (Å²) >= 11 is 3.10. The summed E-state index contributed by atoms with van der Waals surface area (Å²) in [5.74, 6) is 0.331. The molecule has 1 aromatic carbocycles. The molecule has 1 heterocycles. The van der Waals surface area contributed by atoms with Crippen molar-refractivity contribution in [2.75, 3.05) is 0 Å². The Bertz CT molecular complexity index is 413. The predicted octanol–water partition coefficient (Wildman–Crippen LogP) is 2.79. The Kier molecular flexibility index (Phi) is 2.09. The molecule has 0 aliphatic carbocycles. The molecule has 0 spiro atoms. The number of benzene rings is 1. The number of rotatable bonds is 1. The van der Waals surface area contributed by atoms with Crippen molar-refractivity contribution in [3.8, 4) is 0 Å². The maximum atomic E-state index is 13.0. The molecule has 1 aromatic heterocycles.